The summed E-state index contributed by atoms with van der Waals surface area (Å²) in [5.74, 6) is 0.980. The quantitative estimate of drug-likeness (QED) is 0.628. The Balaban J connectivity index is 0.000000310. The molecule has 0 aliphatic heterocycles. The van der Waals surface area contributed by atoms with Crippen molar-refractivity contribution >= 4 is 11.6 Å². The SMILES string of the molecule is CC(=O)C1CCCCC1.CC(C)=O. The van der Waals surface area contributed by atoms with Crippen LogP contribution in [0.4, 0.5) is 0 Å². The fraction of sp³-hybridized carbons (Fsp3) is 0.818. The maximum atomic E-state index is 10.8. The second-order valence-electron chi connectivity index (χ2n) is 3.85. The van der Waals surface area contributed by atoms with Crippen LogP contribution in [-0.2, 0) is 9.59 Å². The van der Waals surface area contributed by atoms with Gasteiger partial charge in [-0.15, -0.1) is 0 Å². The molecule has 1 fully saturated rings. The number of Topliss-reactive ketones (excluding diaryl/α,β-unsaturated/α-hetero) is 2. The summed E-state index contributed by atoms with van der Waals surface area (Å²) in [6.07, 6.45) is 6.17. The lowest BCUT2D eigenvalue weighted by Gasteiger charge is -2.17. The third-order valence-corrected chi connectivity index (χ3v) is 2.18. The van der Waals surface area contributed by atoms with Gasteiger partial charge in [-0.2, -0.15) is 0 Å². The van der Waals surface area contributed by atoms with E-state index in [-0.39, 0.29) is 5.78 Å². The van der Waals surface area contributed by atoms with E-state index in [1.54, 1.807) is 6.92 Å². The van der Waals surface area contributed by atoms with Crippen LogP contribution in [0.5, 0.6) is 0 Å². The van der Waals surface area contributed by atoms with Gasteiger partial charge in [-0.3, -0.25) is 4.79 Å². The van der Waals surface area contributed by atoms with Crippen LogP contribution in [0.3, 0.4) is 0 Å². The second kappa shape index (κ2) is 6.81. The van der Waals surface area contributed by atoms with Gasteiger partial charge in [-0.05, 0) is 33.6 Å². The van der Waals surface area contributed by atoms with Crippen molar-refractivity contribution in [1.82, 2.24) is 0 Å². The van der Waals surface area contributed by atoms with Crippen molar-refractivity contribution in [3.05, 3.63) is 0 Å². The van der Waals surface area contributed by atoms with Crippen molar-refractivity contribution in [2.24, 2.45) is 5.92 Å². The third-order valence-electron chi connectivity index (χ3n) is 2.18. The summed E-state index contributed by atoms with van der Waals surface area (Å²) in [4.78, 5) is 20.2. The van der Waals surface area contributed by atoms with Gasteiger partial charge in [0.25, 0.3) is 0 Å². The summed E-state index contributed by atoms with van der Waals surface area (Å²) < 4.78 is 0. The van der Waals surface area contributed by atoms with Crippen LogP contribution < -0.4 is 0 Å². The predicted octanol–water partition coefficient (Wildman–Crippen LogP) is 2.75. The van der Waals surface area contributed by atoms with E-state index in [1.165, 1.54) is 33.1 Å². The van der Waals surface area contributed by atoms with Crippen LogP contribution in [0.25, 0.3) is 0 Å². The molecule has 0 heterocycles. The van der Waals surface area contributed by atoms with Crippen molar-refractivity contribution in [3.8, 4) is 0 Å². The minimum atomic E-state index is 0.167. The predicted molar refractivity (Wildman–Crippen MR) is 53.6 cm³/mol. The summed E-state index contributed by atoms with van der Waals surface area (Å²) in [6, 6.07) is 0. The van der Waals surface area contributed by atoms with Crippen LogP contribution >= 0.6 is 0 Å². The Hall–Kier alpha value is -0.660. The average Bonchev–Trinajstić information content (AvgIpc) is 2.05. The Bertz CT molecular complexity index is 163. The fourth-order valence-electron chi connectivity index (χ4n) is 1.51. The van der Waals surface area contributed by atoms with Crippen molar-refractivity contribution in [2.75, 3.05) is 0 Å². The van der Waals surface area contributed by atoms with Gasteiger partial charge in [-0.25, -0.2) is 0 Å². The largest absolute Gasteiger partial charge is 0.300 e. The molecule has 0 spiro atoms. The summed E-state index contributed by atoms with van der Waals surface area (Å²) in [6.45, 7) is 4.77. The van der Waals surface area contributed by atoms with Gasteiger partial charge in [0.15, 0.2) is 0 Å². The number of carbonyl (C=O) groups excluding carboxylic acids is 2. The van der Waals surface area contributed by atoms with E-state index < -0.39 is 0 Å². The van der Waals surface area contributed by atoms with Crippen LogP contribution in [0, 0.1) is 5.92 Å². The molecule has 1 rings (SSSR count). The van der Waals surface area contributed by atoms with E-state index >= 15 is 0 Å². The molecule has 2 nitrogen and oxygen atoms in total. The maximum absolute atomic E-state index is 10.8. The molecule has 0 saturated heterocycles. The molecule has 0 N–H and O–H groups in total. The van der Waals surface area contributed by atoms with E-state index in [1.807, 2.05) is 0 Å². The second-order valence-corrected chi connectivity index (χ2v) is 3.85. The molecular weight excluding hydrogens is 164 g/mol. The zero-order chi connectivity index (χ0) is 10.3. The normalized spacial score (nSPS) is 17.2. The van der Waals surface area contributed by atoms with Gasteiger partial charge in [0, 0.05) is 5.92 Å². The molecule has 0 radical (unpaired) electrons. The maximum Gasteiger partial charge on any atom is 0.132 e. The smallest absolute Gasteiger partial charge is 0.132 e. The lowest BCUT2D eigenvalue weighted by atomic mass is 9.87. The lowest BCUT2D eigenvalue weighted by Crippen LogP contribution is -2.13. The molecule has 2 heteroatoms. The summed E-state index contributed by atoms with van der Waals surface area (Å²) in [7, 11) is 0. The number of carbonyl (C=O) groups is 2. The van der Waals surface area contributed by atoms with Gasteiger partial charge >= 0.3 is 0 Å². The molecule has 0 aromatic carbocycles. The first-order valence-electron chi connectivity index (χ1n) is 5.01. The third kappa shape index (κ3) is 7.69. The highest BCUT2D eigenvalue weighted by molar-refractivity contribution is 5.78. The first-order valence-corrected chi connectivity index (χ1v) is 5.01. The molecule has 0 amide bonds. The molecule has 76 valence electrons. The number of rotatable bonds is 1. The highest BCUT2D eigenvalue weighted by atomic mass is 16.1. The van der Waals surface area contributed by atoms with Crippen molar-refractivity contribution < 1.29 is 9.59 Å². The Morgan fingerprint density at radius 3 is 1.54 bits per heavy atom. The topological polar surface area (TPSA) is 34.1 Å². The first kappa shape index (κ1) is 12.3. The van der Waals surface area contributed by atoms with Crippen LogP contribution in [-0.4, -0.2) is 11.6 Å². The van der Waals surface area contributed by atoms with E-state index in [0.717, 1.165) is 12.8 Å². The lowest BCUT2D eigenvalue weighted by molar-refractivity contribution is -0.121. The number of hydrogen-bond donors (Lipinski definition) is 0. The molecule has 1 aliphatic carbocycles. The number of ketones is 2. The van der Waals surface area contributed by atoms with Crippen molar-refractivity contribution in [3.63, 3.8) is 0 Å². The fourth-order valence-corrected chi connectivity index (χ4v) is 1.51. The zero-order valence-corrected chi connectivity index (χ0v) is 8.93. The average molecular weight is 184 g/mol. The highest BCUT2D eigenvalue weighted by Gasteiger charge is 2.16. The minimum absolute atomic E-state index is 0.167. The van der Waals surface area contributed by atoms with Gasteiger partial charge in [-0.1, -0.05) is 19.3 Å². The van der Waals surface area contributed by atoms with E-state index in [2.05, 4.69) is 0 Å². The zero-order valence-electron chi connectivity index (χ0n) is 8.93. The minimum Gasteiger partial charge on any atom is -0.300 e. The molecular formula is C11H20O2. The molecule has 1 aliphatic rings. The summed E-state index contributed by atoms with van der Waals surface area (Å²) >= 11 is 0. The van der Waals surface area contributed by atoms with Crippen LogP contribution in [0.1, 0.15) is 52.9 Å². The molecule has 0 atom stereocenters. The van der Waals surface area contributed by atoms with E-state index in [0.29, 0.717) is 11.7 Å². The summed E-state index contributed by atoms with van der Waals surface area (Å²) in [5.41, 5.74) is 0. The van der Waals surface area contributed by atoms with Crippen molar-refractivity contribution in [1.29, 1.82) is 0 Å². The molecule has 0 aromatic rings. The Labute approximate surface area is 80.7 Å². The Morgan fingerprint density at radius 1 is 0.923 bits per heavy atom. The summed E-state index contributed by atoms with van der Waals surface area (Å²) in [5, 5.41) is 0. The molecule has 1 saturated carbocycles. The number of hydrogen-bond acceptors (Lipinski definition) is 2. The highest BCUT2D eigenvalue weighted by Crippen LogP contribution is 2.23. The van der Waals surface area contributed by atoms with Crippen LogP contribution in [0.15, 0.2) is 0 Å². The standard InChI is InChI=1S/C8H14O.C3H6O/c1-7(9)8-5-3-2-4-6-8;1-3(2)4/h8H,2-6H2,1H3;1-2H3. The van der Waals surface area contributed by atoms with Gasteiger partial charge in [0.1, 0.15) is 11.6 Å². The molecule has 0 unspecified atom stereocenters. The molecule has 13 heavy (non-hydrogen) atoms. The first-order chi connectivity index (χ1) is 6.04. The van der Waals surface area contributed by atoms with Gasteiger partial charge < -0.3 is 4.79 Å². The van der Waals surface area contributed by atoms with Gasteiger partial charge in [0.05, 0.1) is 0 Å². The van der Waals surface area contributed by atoms with E-state index in [4.69, 9.17) is 0 Å². The monoisotopic (exact) mass is 184 g/mol. The molecule has 0 bridgehead atoms. The Morgan fingerprint density at radius 2 is 1.31 bits per heavy atom. The van der Waals surface area contributed by atoms with E-state index in [9.17, 15) is 9.59 Å². The molecule has 0 aromatic heterocycles. The van der Waals surface area contributed by atoms with Gasteiger partial charge in [0.2, 0.25) is 0 Å². The Kier molecular flexibility index (Phi) is 6.47. The van der Waals surface area contributed by atoms with Crippen LogP contribution in [0.2, 0.25) is 0 Å². The van der Waals surface area contributed by atoms with Crippen molar-refractivity contribution in [2.45, 2.75) is 52.9 Å².